The molecule has 0 saturated carbocycles. The van der Waals surface area contributed by atoms with E-state index in [1.165, 1.54) is 0 Å². The van der Waals surface area contributed by atoms with E-state index < -0.39 is 0 Å². The molecule has 1 heterocycles. The van der Waals surface area contributed by atoms with Gasteiger partial charge in [0.2, 0.25) is 0 Å². The molecule has 0 fully saturated rings. The number of benzene rings is 2. The van der Waals surface area contributed by atoms with Crippen LogP contribution < -0.4 is 19.5 Å². The van der Waals surface area contributed by atoms with Gasteiger partial charge in [0.15, 0.2) is 11.0 Å². The Hall–Kier alpha value is -3.20. The number of ether oxygens (including phenoxy) is 3. The lowest BCUT2D eigenvalue weighted by atomic mass is 10.2. The molecule has 0 aliphatic rings. The van der Waals surface area contributed by atoms with Crippen LogP contribution in [0.25, 0.3) is 0 Å². The Morgan fingerprint density at radius 2 is 1.59 bits per heavy atom. The van der Waals surface area contributed by atoms with Gasteiger partial charge in [-0.15, -0.1) is 10.2 Å². The minimum atomic E-state index is -0.290. The van der Waals surface area contributed by atoms with Gasteiger partial charge in [0.05, 0.1) is 26.9 Å². The number of thioether (sulfide) groups is 1. The first-order valence-corrected chi connectivity index (χ1v) is 11.3. The van der Waals surface area contributed by atoms with Gasteiger partial charge in [0.1, 0.15) is 17.2 Å². The highest BCUT2D eigenvalue weighted by Crippen LogP contribution is 2.22. The van der Waals surface area contributed by atoms with Crippen LogP contribution in [0.3, 0.4) is 0 Å². The summed E-state index contributed by atoms with van der Waals surface area (Å²) in [4.78, 5) is 12.6. The second-order valence-corrected chi connectivity index (χ2v) is 7.94. The average Bonchev–Trinajstić information content (AvgIpc) is 3.25. The molecule has 0 radical (unpaired) electrons. The number of rotatable bonds is 11. The summed E-state index contributed by atoms with van der Waals surface area (Å²) in [5.74, 6) is 3.55. The molecule has 1 aromatic heterocycles. The van der Waals surface area contributed by atoms with Crippen molar-refractivity contribution in [2.24, 2.45) is 0 Å². The molecule has 0 aliphatic heterocycles. The molecule has 8 nitrogen and oxygen atoms in total. The number of carbonyl (C=O) groups excluding carboxylic acids is 1. The van der Waals surface area contributed by atoms with E-state index in [-0.39, 0.29) is 11.9 Å². The van der Waals surface area contributed by atoms with Gasteiger partial charge in [-0.2, -0.15) is 0 Å². The second-order valence-electron chi connectivity index (χ2n) is 6.88. The Morgan fingerprint density at radius 1 is 1.00 bits per heavy atom. The quantitative estimate of drug-likeness (QED) is 0.345. The summed E-state index contributed by atoms with van der Waals surface area (Å²) in [5.41, 5.74) is 0.561. The van der Waals surface area contributed by atoms with E-state index in [9.17, 15) is 4.79 Å². The van der Waals surface area contributed by atoms with Crippen LogP contribution in [-0.4, -0.2) is 47.3 Å². The van der Waals surface area contributed by atoms with Gasteiger partial charge >= 0.3 is 0 Å². The van der Waals surface area contributed by atoms with Crippen LogP contribution in [0.15, 0.2) is 53.7 Å². The largest absolute Gasteiger partial charge is 0.497 e. The van der Waals surface area contributed by atoms with Crippen molar-refractivity contribution in [3.8, 4) is 17.2 Å². The molecule has 3 aromatic rings. The summed E-state index contributed by atoms with van der Waals surface area (Å²) in [6.07, 6.45) is 0. The fourth-order valence-electron chi connectivity index (χ4n) is 3.08. The maximum Gasteiger partial charge on any atom is 0.251 e. The molecule has 9 heteroatoms. The molecule has 32 heavy (non-hydrogen) atoms. The van der Waals surface area contributed by atoms with Crippen molar-refractivity contribution in [1.82, 2.24) is 20.1 Å². The number of nitrogens with one attached hydrogen (secondary N) is 1. The molecule has 0 saturated heterocycles. The normalized spacial score (nSPS) is 11.6. The summed E-state index contributed by atoms with van der Waals surface area (Å²) < 4.78 is 18.1. The lowest BCUT2D eigenvalue weighted by Gasteiger charge is -2.15. The zero-order chi connectivity index (χ0) is 22.9. The molecule has 0 bridgehead atoms. The van der Waals surface area contributed by atoms with E-state index in [2.05, 4.69) is 15.5 Å². The van der Waals surface area contributed by atoms with Crippen LogP contribution in [0.1, 0.15) is 36.1 Å². The van der Waals surface area contributed by atoms with Crippen molar-refractivity contribution < 1.29 is 19.0 Å². The summed E-state index contributed by atoms with van der Waals surface area (Å²) >= 11 is 1.57. The number of aromatic nitrogens is 3. The topological polar surface area (TPSA) is 87.5 Å². The third-order valence-corrected chi connectivity index (χ3v) is 5.72. The fourth-order valence-corrected chi connectivity index (χ4v) is 3.90. The average molecular weight is 457 g/mol. The lowest BCUT2D eigenvalue weighted by molar-refractivity contribution is 0.0937. The molecular weight excluding hydrogens is 428 g/mol. The van der Waals surface area contributed by atoms with E-state index >= 15 is 0 Å². The number of nitrogens with zero attached hydrogens (tertiary/aromatic N) is 3. The standard InChI is InChI=1S/C23H28N4O4S/c1-5-27-21(16(2)24-22(28)17-6-8-18(29-3)9-7-17)25-26-23(27)32-15-14-31-20-12-10-19(30-4)11-13-20/h6-13,16H,5,14-15H2,1-4H3,(H,24,28). The second kappa shape index (κ2) is 11.4. The van der Waals surface area contributed by atoms with Gasteiger partial charge in [-0.1, -0.05) is 11.8 Å². The Balaban J connectivity index is 1.55. The molecule has 1 amide bonds. The zero-order valence-corrected chi connectivity index (χ0v) is 19.5. The van der Waals surface area contributed by atoms with Crippen LogP contribution in [0, 0.1) is 0 Å². The third-order valence-electron chi connectivity index (χ3n) is 4.79. The van der Waals surface area contributed by atoms with Crippen molar-refractivity contribution in [1.29, 1.82) is 0 Å². The smallest absolute Gasteiger partial charge is 0.251 e. The summed E-state index contributed by atoms with van der Waals surface area (Å²) in [6.45, 7) is 5.17. The number of methoxy groups -OCH3 is 2. The van der Waals surface area contributed by atoms with E-state index in [1.807, 2.05) is 42.7 Å². The first kappa shape index (κ1) is 23.5. The van der Waals surface area contributed by atoms with Crippen LogP contribution in [-0.2, 0) is 6.54 Å². The van der Waals surface area contributed by atoms with Gasteiger partial charge in [0.25, 0.3) is 5.91 Å². The van der Waals surface area contributed by atoms with Crippen LogP contribution in [0.4, 0.5) is 0 Å². The summed E-state index contributed by atoms with van der Waals surface area (Å²) in [6, 6.07) is 14.2. The van der Waals surface area contributed by atoms with Gasteiger partial charge in [-0.3, -0.25) is 4.79 Å². The van der Waals surface area contributed by atoms with E-state index in [0.717, 1.165) is 22.4 Å². The zero-order valence-electron chi connectivity index (χ0n) is 18.7. The third kappa shape index (κ3) is 5.94. The maximum atomic E-state index is 12.6. The van der Waals surface area contributed by atoms with E-state index in [1.54, 1.807) is 50.2 Å². The number of carbonyl (C=O) groups is 1. The SMILES string of the molecule is CCn1c(SCCOc2ccc(OC)cc2)nnc1C(C)NC(=O)c1ccc(OC)cc1. The molecule has 0 spiro atoms. The minimum absolute atomic E-state index is 0.173. The molecule has 1 unspecified atom stereocenters. The maximum absolute atomic E-state index is 12.6. The molecule has 1 N–H and O–H groups in total. The van der Waals surface area contributed by atoms with Gasteiger partial charge in [0, 0.05) is 17.9 Å². The monoisotopic (exact) mass is 456 g/mol. The van der Waals surface area contributed by atoms with Gasteiger partial charge in [-0.05, 0) is 62.4 Å². The van der Waals surface area contributed by atoms with Crippen LogP contribution in [0.2, 0.25) is 0 Å². The van der Waals surface area contributed by atoms with E-state index in [4.69, 9.17) is 14.2 Å². The number of hydrogen-bond acceptors (Lipinski definition) is 7. The van der Waals surface area contributed by atoms with Crippen LogP contribution in [0.5, 0.6) is 17.2 Å². The molecular formula is C23H28N4O4S. The summed E-state index contributed by atoms with van der Waals surface area (Å²) in [5, 5.41) is 12.4. The number of amides is 1. The molecule has 2 aromatic carbocycles. The molecule has 170 valence electrons. The number of hydrogen-bond donors (Lipinski definition) is 1. The Kier molecular flexibility index (Phi) is 8.38. The fraction of sp³-hybridized carbons (Fsp3) is 0.348. The highest BCUT2D eigenvalue weighted by molar-refractivity contribution is 7.99. The Labute approximate surface area is 192 Å². The first-order valence-electron chi connectivity index (χ1n) is 10.3. The van der Waals surface area contributed by atoms with E-state index in [0.29, 0.717) is 30.3 Å². The first-order chi connectivity index (χ1) is 15.5. The van der Waals surface area contributed by atoms with Crippen molar-refractivity contribution in [3.05, 3.63) is 59.9 Å². The molecule has 0 aliphatic carbocycles. The van der Waals surface area contributed by atoms with Gasteiger partial charge < -0.3 is 24.1 Å². The van der Waals surface area contributed by atoms with Crippen LogP contribution >= 0.6 is 11.8 Å². The highest BCUT2D eigenvalue weighted by Gasteiger charge is 2.19. The van der Waals surface area contributed by atoms with Gasteiger partial charge in [-0.25, -0.2) is 0 Å². The molecule has 3 rings (SSSR count). The highest BCUT2D eigenvalue weighted by atomic mass is 32.2. The van der Waals surface area contributed by atoms with Crippen molar-refractivity contribution in [2.45, 2.75) is 31.6 Å². The van der Waals surface area contributed by atoms with Crippen molar-refractivity contribution >= 4 is 17.7 Å². The molecule has 1 atom stereocenters. The van der Waals surface area contributed by atoms with Crippen molar-refractivity contribution in [2.75, 3.05) is 26.6 Å². The predicted octanol–water partition coefficient (Wildman–Crippen LogP) is 3.98. The minimum Gasteiger partial charge on any atom is -0.497 e. The predicted molar refractivity (Wildman–Crippen MR) is 124 cm³/mol. The van der Waals surface area contributed by atoms with Crippen molar-refractivity contribution in [3.63, 3.8) is 0 Å². The summed E-state index contributed by atoms with van der Waals surface area (Å²) in [7, 11) is 3.23. The Morgan fingerprint density at radius 3 is 2.19 bits per heavy atom. The Bertz CT molecular complexity index is 1010. The lowest BCUT2D eigenvalue weighted by Crippen LogP contribution is -2.28.